The van der Waals surface area contributed by atoms with E-state index >= 15 is 0 Å². The summed E-state index contributed by atoms with van der Waals surface area (Å²) in [6.45, 7) is 7.88. The maximum Gasteiger partial charge on any atom is 0.216 e. The largest absolute Gasteiger partial charge is 0.477 e. The molecule has 1 amide bonds. The highest BCUT2D eigenvalue weighted by atomic mass is 16.5. The van der Waals surface area contributed by atoms with Gasteiger partial charge in [0.2, 0.25) is 11.8 Å². The predicted octanol–water partition coefficient (Wildman–Crippen LogP) is 1.15. The van der Waals surface area contributed by atoms with Crippen LogP contribution >= 0.6 is 0 Å². The van der Waals surface area contributed by atoms with Crippen molar-refractivity contribution in [1.29, 1.82) is 0 Å². The Balaban J connectivity index is 2.02. The van der Waals surface area contributed by atoms with E-state index in [-0.39, 0.29) is 5.91 Å². The maximum absolute atomic E-state index is 10.9. The first-order valence-corrected chi connectivity index (χ1v) is 6.01. The van der Waals surface area contributed by atoms with Crippen LogP contribution in [0.4, 0.5) is 0 Å². The zero-order valence-corrected chi connectivity index (χ0v) is 10.6. The fourth-order valence-corrected chi connectivity index (χ4v) is 1.98. The van der Waals surface area contributed by atoms with Gasteiger partial charge in [0, 0.05) is 24.9 Å². The summed E-state index contributed by atoms with van der Waals surface area (Å²) in [5.41, 5.74) is 1.16. The number of aromatic nitrogens is 2. The second-order valence-electron chi connectivity index (χ2n) is 4.86. The van der Waals surface area contributed by atoms with Crippen LogP contribution in [0.25, 0.3) is 0 Å². The van der Waals surface area contributed by atoms with E-state index in [4.69, 9.17) is 4.74 Å². The highest BCUT2D eigenvalue weighted by Crippen LogP contribution is 2.29. The molecule has 0 spiro atoms. The lowest BCUT2D eigenvalue weighted by molar-refractivity contribution is -0.119. The van der Waals surface area contributed by atoms with Gasteiger partial charge in [-0.05, 0) is 5.92 Å². The van der Waals surface area contributed by atoms with Crippen molar-refractivity contribution in [1.82, 2.24) is 15.1 Å². The van der Waals surface area contributed by atoms with Crippen molar-refractivity contribution in [2.24, 2.45) is 5.92 Å². The Bertz CT molecular complexity index is 412. The fraction of sp³-hybridized carbons (Fsp3) is 0.667. The molecule has 5 heteroatoms. The van der Waals surface area contributed by atoms with Gasteiger partial charge in [0.1, 0.15) is 0 Å². The summed E-state index contributed by atoms with van der Waals surface area (Å²) in [5, 5.41) is 7.15. The highest BCUT2D eigenvalue weighted by Gasteiger charge is 2.24. The van der Waals surface area contributed by atoms with E-state index in [1.807, 2.05) is 10.9 Å². The lowest BCUT2D eigenvalue weighted by Crippen LogP contribution is -2.36. The van der Waals surface area contributed by atoms with Crippen LogP contribution in [0.1, 0.15) is 32.3 Å². The summed E-state index contributed by atoms with van der Waals surface area (Å²) in [7, 11) is 0. The van der Waals surface area contributed by atoms with Crippen molar-refractivity contribution in [3.05, 3.63) is 11.8 Å². The van der Waals surface area contributed by atoms with Crippen LogP contribution in [0.15, 0.2) is 6.20 Å². The molecule has 5 nitrogen and oxygen atoms in total. The van der Waals surface area contributed by atoms with Gasteiger partial charge in [-0.3, -0.25) is 4.79 Å². The standard InChI is InChI=1S/C12H19N3O2/c1-8(2)11-5-14-15-6-10(4-13-9(3)16)7-17-12(11)15/h5,8,10H,4,6-7H2,1-3H3,(H,13,16). The number of nitrogens with one attached hydrogen (secondary N) is 1. The molecule has 0 saturated carbocycles. The molecule has 94 valence electrons. The first kappa shape index (κ1) is 12.0. The quantitative estimate of drug-likeness (QED) is 0.858. The summed E-state index contributed by atoms with van der Waals surface area (Å²) in [6, 6.07) is 0. The molecule has 2 heterocycles. The van der Waals surface area contributed by atoms with Crippen molar-refractivity contribution in [3.8, 4) is 5.88 Å². The summed E-state index contributed by atoms with van der Waals surface area (Å²) in [6.07, 6.45) is 1.88. The smallest absolute Gasteiger partial charge is 0.216 e. The summed E-state index contributed by atoms with van der Waals surface area (Å²) >= 11 is 0. The third-order valence-corrected chi connectivity index (χ3v) is 2.97. The number of amides is 1. The van der Waals surface area contributed by atoms with E-state index < -0.39 is 0 Å². The molecular formula is C12H19N3O2. The molecule has 0 aliphatic carbocycles. The molecule has 1 aliphatic heterocycles. The van der Waals surface area contributed by atoms with Crippen molar-refractivity contribution >= 4 is 5.91 Å². The van der Waals surface area contributed by atoms with E-state index in [1.165, 1.54) is 6.92 Å². The Morgan fingerprint density at radius 1 is 1.71 bits per heavy atom. The van der Waals surface area contributed by atoms with Gasteiger partial charge in [-0.25, -0.2) is 4.68 Å². The van der Waals surface area contributed by atoms with Crippen LogP contribution in [-0.2, 0) is 11.3 Å². The molecule has 17 heavy (non-hydrogen) atoms. The molecular weight excluding hydrogens is 218 g/mol. The fourth-order valence-electron chi connectivity index (χ4n) is 1.98. The summed E-state index contributed by atoms with van der Waals surface area (Å²) < 4.78 is 7.64. The van der Waals surface area contributed by atoms with Gasteiger partial charge in [-0.2, -0.15) is 5.10 Å². The molecule has 2 rings (SSSR count). The third kappa shape index (κ3) is 2.60. The van der Waals surface area contributed by atoms with E-state index in [0.717, 1.165) is 18.0 Å². The lowest BCUT2D eigenvalue weighted by Gasteiger charge is -2.25. The molecule has 0 aromatic carbocycles. The van der Waals surface area contributed by atoms with Gasteiger partial charge in [-0.1, -0.05) is 13.8 Å². The Morgan fingerprint density at radius 2 is 2.47 bits per heavy atom. The Hall–Kier alpha value is -1.52. The molecule has 1 atom stereocenters. The van der Waals surface area contributed by atoms with E-state index in [0.29, 0.717) is 25.0 Å². The van der Waals surface area contributed by atoms with Crippen LogP contribution in [0, 0.1) is 5.92 Å². The highest BCUT2D eigenvalue weighted by molar-refractivity contribution is 5.72. The van der Waals surface area contributed by atoms with Crippen molar-refractivity contribution in [3.63, 3.8) is 0 Å². The first-order chi connectivity index (χ1) is 8.08. The average molecular weight is 237 g/mol. The van der Waals surface area contributed by atoms with Gasteiger partial charge >= 0.3 is 0 Å². The normalized spacial score (nSPS) is 18.7. The molecule has 1 unspecified atom stereocenters. The maximum atomic E-state index is 10.9. The number of nitrogens with zero attached hydrogens (tertiary/aromatic N) is 2. The average Bonchev–Trinajstić information content (AvgIpc) is 2.69. The van der Waals surface area contributed by atoms with Gasteiger partial charge in [-0.15, -0.1) is 0 Å². The second-order valence-corrected chi connectivity index (χ2v) is 4.86. The summed E-state index contributed by atoms with van der Waals surface area (Å²) in [4.78, 5) is 10.9. The third-order valence-electron chi connectivity index (χ3n) is 2.97. The van der Waals surface area contributed by atoms with Gasteiger partial charge < -0.3 is 10.1 Å². The molecule has 0 radical (unpaired) electrons. The van der Waals surface area contributed by atoms with E-state index in [2.05, 4.69) is 24.3 Å². The lowest BCUT2D eigenvalue weighted by atomic mass is 10.1. The molecule has 1 aromatic heterocycles. The Kier molecular flexibility index (Phi) is 3.36. The first-order valence-electron chi connectivity index (χ1n) is 6.01. The molecule has 1 aromatic rings. The van der Waals surface area contributed by atoms with Crippen molar-refractivity contribution < 1.29 is 9.53 Å². The zero-order valence-electron chi connectivity index (χ0n) is 10.6. The SMILES string of the molecule is CC(=O)NCC1COc2c(C(C)C)cnn2C1. The van der Waals surface area contributed by atoms with Crippen LogP contribution < -0.4 is 10.1 Å². The second kappa shape index (κ2) is 4.77. The van der Waals surface area contributed by atoms with Crippen LogP contribution in [0.5, 0.6) is 5.88 Å². The van der Waals surface area contributed by atoms with E-state index in [9.17, 15) is 4.79 Å². The van der Waals surface area contributed by atoms with Gasteiger partial charge in [0.15, 0.2) is 0 Å². The number of ether oxygens (including phenoxy) is 1. The topological polar surface area (TPSA) is 56.1 Å². The molecule has 0 bridgehead atoms. The minimum absolute atomic E-state index is 0.000804. The van der Waals surface area contributed by atoms with Crippen LogP contribution in [-0.4, -0.2) is 28.8 Å². The van der Waals surface area contributed by atoms with Crippen molar-refractivity contribution in [2.75, 3.05) is 13.2 Å². The number of carbonyl (C=O) groups excluding carboxylic acids is 1. The zero-order chi connectivity index (χ0) is 12.4. The summed E-state index contributed by atoms with van der Waals surface area (Å²) in [5.74, 6) is 1.61. The molecule has 0 fully saturated rings. The number of hydrogen-bond acceptors (Lipinski definition) is 3. The van der Waals surface area contributed by atoms with Gasteiger partial charge in [0.05, 0.1) is 19.3 Å². The number of fused-ring (bicyclic) bond motifs is 1. The van der Waals surface area contributed by atoms with Gasteiger partial charge in [0.25, 0.3) is 0 Å². The minimum Gasteiger partial charge on any atom is -0.477 e. The van der Waals surface area contributed by atoms with Crippen molar-refractivity contribution in [2.45, 2.75) is 33.2 Å². The minimum atomic E-state index is -0.000804. The molecule has 1 aliphatic rings. The molecule has 0 saturated heterocycles. The van der Waals surface area contributed by atoms with Crippen LogP contribution in [0.3, 0.4) is 0 Å². The number of rotatable bonds is 3. The Morgan fingerprint density at radius 3 is 3.12 bits per heavy atom. The Labute approximate surface area is 101 Å². The van der Waals surface area contributed by atoms with Crippen LogP contribution in [0.2, 0.25) is 0 Å². The molecule has 1 N–H and O–H groups in total. The number of hydrogen-bond donors (Lipinski definition) is 1. The van der Waals surface area contributed by atoms with E-state index in [1.54, 1.807) is 0 Å². The predicted molar refractivity (Wildman–Crippen MR) is 64.0 cm³/mol. The number of carbonyl (C=O) groups is 1. The monoisotopic (exact) mass is 237 g/mol.